The highest BCUT2D eigenvalue weighted by Crippen LogP contribution is 2.50. The minimum absolute atomic E-state index is 0.00893. The van der Waals surface area contributed by atoms with Crippen LogP contribution in [0.1, 0.15) is 56.2 Å². The molecule has 0 spiro atoms. The Kier molecular flexibility index (Phi) is 6.57. The summed E-state index contributed by atoms with van der Waals surface area (Å²) in [5.41, 5.74) is -0.354. The van der Waals surface area contributed by atoms with Crippen LogP contribution in [0.15, 0.2) is 30.3 Å². The average Bonchev–Trinajstić information content (AvgIpc) is 3.41. The number of hydrogen-bond donors (Lipinski definition) is 2. The highest BCUT2D eigenvalue weighted by molar-refractivity contribution is 5.90. The van der Waals surface area contributed by atoms with Crippen molar-refractivity contribution in [2.45, 2.75) is 69.5 Å². The van der Waals surface area contributed by atoms with E-state index in [9.17, 15) is 32.3 Å². The molecule has 2 aromatic rings. The number of aliphatic carboxylic acids is 1. The Bertz CT molecular complexity index is 1380. The molecule has 9 nitrogen and oxygen atoms in total. The zero-order chi connectivity index (χ0) is 29.1. The van der Waals surface area contributed by atoms with Gasteiger partial charge in [0.15, 0.2) is 11.5 Å². The molecule has 13 heteroatoms. The summed E-state index contributed by atoms with van der Waals surface area (Å²) >= 11 is 0. The Labute approximate surface area is 231 Å². The summed E-state index contributed by atoms with van der Waals surface area (Å²) in [6, 6.07) is 6.26. The van der Waals surface area contributed by atoms with Crippen LogP contribution in [-0.2, 0) is 15.0 Å². The number of carbonyl (C=O) groups is 2. The SMILES string of the molecule is C[C@]1(C(=O)N[C@@H]2C[C@H]([C@H]3CC[C@H](C(=O)O)CC3)Oc3cc(OC(F)F)ccc32)COc2cc3c(cc21)OC(F)(F)O3. The van der Waals surface area contributed by atoms with Crippen LogP contribution in [-0.4, -0.2) is 42.6 Å². The molecule has 3 heterocycles. The van der Waals surface area contributed by atoms with Gasteiger partial charge in [-0.25, -0.2) is 0 Å². The van der Waals surface area contributed by atoms with Gasteiger partial charge in [-0.3, -0.25) is 9.59 Å². The van der Waals surface area contributed by atoms with Crippen molar-refractivity contribution in [3.8, 4) is 28.7 Å². The third-order valence-corrected chi connectivity index (χ3v) is 8.40. The van der Waals surface area contributed by atoms with Crippen molar-refractivity contribution in [3.05, 3.63) is 41.5 Å². The van der Waals surface area contributed by atoms with E-state index in [-0.39, 0.29) is 41.3 Å². The van der Waals surface area contributed by atoms with Crippen molar-refractivity contribution in [3.63, 3.8) is 0 Å². The Morgan fingerprint density at radius 1 is 1.02 bits per heavy atom. The van der Waals surface area contributed by atoms with Gasteiger partial charge in [-0.15, -0.1) is 8.78 Å². The van der Waals surface area contributed by atoms with E-state index in [1.807, 2.05) is 0 Å². The topological polar surface area (TPSA) is 113 Å². The summed E-state index contributed by atoms with van der Waals surface area (Å²) < 4.78 is 78.5. The van der Waals surface area contributed by atoms with Gasteiger partial charge in [-0.05, 0) is 56.7 Å². The summed E-state index contributed by atoms with van der Waals surface area (Å²) in [6.07, 6.45) is -1.72. The van der Waals surface area contributed by atoms with Gasteiger partial charge in [-0.2, -0.15) is 8.78 Å². The lowest BCUT2D eigenvalue weighted by molar-refractivity contribution is -0.286. The van der Waals surface area contributed by atoms with Gasteiger partial charge in [0.1, 0.15) is 35.4 Å². The van der Waals surface area contributed by atoms with E-state index in [4.69, 9.17) is 9.47 Å². The van der Waals surface area contributed by atoms with E-state index in [1.54, 1.807) is 13.0 Å². The largest absolute Gasteiger partial charge is 0.586 e. The lowest BCUT2D eigenvalue weighted by Crippen LogP contribution is -2.47. The van der Waals surface area contributed by atoms with Crippen LogP contribution in [0.25, 0.3) is 0 Å². The van der Waals surface area contributed by atoms with Gasteiger partial charge in [0.2, 0.25) is 5.91 Å². The summed E-state index contributed by atoms with van der Waals surface area (Å²) in [4.78, 5) is 25.2. The molecule has 0 radical (unpaired) electrons. The Morgan fingerprint density at radius 2 is 1.73 bits per heavy atom. The molecule has 1 amide bonds. The fourth-order valence-corrected chi connectivity index (χ4v) is 6.15. The minimum Gasteiger partial charge on any atom is -0.492 e. The molecule has 2 N–H and O–H groups in total. The molecule has 6 rings (SSSR count). The van der Waals surface area contributed by atoms with E-state index < -0.39 is 48.3 Å². The second-order valence-corrected chi connectivity index (χ2v) is 11.0. The summed E-state index contributed by atoms with van der Waals surface area (Å²) in [7, 11) is 0. The minimum atomic E-state index is -3.83. The van der Waals surface area contributed by atoms with Crippen molar-refractivity contribution in [1.82, 2.24) is 5.32 Å². The zero-order valence-electron chi connectivity index (χ0n) is 21.8. The molecule has 0 aromatic heterocycles. The highest BCUT2D eigenvalue weighted by atomic mass is 19.3. The Hall–Kier alpha value is -3.90. The van der Waals surface area contributed by atoms with E-state index >= 15 is 0 Å². The first-order valence-electron chi connectivity index (χ1n) is 13.3. The number of alkyl halides is 4. The quantitative estimate of drug-likeness (QED) is 0.450. The van der Waals surface area contributed by atoms with E-state index in [2.05, 4.69) is 19.5 Å². The molecule has 41 heavy (non-hydrogen) atoms. The first-order chi connectivity index (χ1) is 19.4. The van der Waals surface area contributed by atoms with Crippen LogP contribution in [0.4, 0.5) is 17.6 Å². The van der Waals surface area contributed by atoms with Crippen molar-refractivity contribution >= 4 is 11.9 Å². The van der Waals surface area contributed by atoms with Crippen molar-refractivity contribution in [1.29, 1.82) is 0 Å². The summed E-state index contributed by atoms with van der Waals surface area (Å²) in [6.45, 7) is -1.47. The molecular weight excluding hydrogens is 554 g/mol. The Balaban J connectivity index is 1.26. The average molecular weight is 582 g/mol. The van der Waals surface area contributed by atoms with Crippen LogP contribution in [0.5, 0.6) is 28.7 Å². The number of hydrogen-bond acceptors (Lipinski definition) is 7. The van der Waals surface area contributed by atoms with E-state index in [1.165, 1.54) is 24.3 Å². The number of amides is 1. The maximum atomic E-state index is 13.8. The molecule has 4 aliphatic rings. The molecular formula is C28H27F4NO8. The highest BCUT2D eigenvalue weighted by Gasteiger charge is 2.49. The molecule has 0 unspecified atom stereocenters. The second-order valence-electron chi connectivity index (χ2n) is 11.0. The van der Waals surface area contributed by atoms with Gasteiger partial charge in [0.05, 0.1) is 12.0 Å². The van der Waals surface area contributed by atoms with Crippen LogP contribution >= 0.6 is 0 Å². The molecule has 0 bridgehead atoms. The molecule has 1 aliphatic carbocycles. The second kappa shape index (κ2) is 9.88. The van der Waals surface area contributed by atoms with Gasteiger partial charge in [-0.1, -0.05) is 0 Å². The molecule has 3 aliphatic heterocycles. The standard InChI is InChI=1S/C28H27F4NO8/c1-27(12-37-21-11-23-22(9-17(21)27)40-28(31,32)41-23)25(36)33-18-10-19(13-2-4-14(5-3-13)24(34)35)39-20-8-15(38-26(29)30)6-7-16(18)20/h6-9,11,13-14,18-19,26H,2-5,10,12H2,1H3,(H,33,36)(H,34,35)/t13-,14-,18-,19-,27+/m1/s1. The number of benzene rings is 2. The van der Waals surface area contributed by atoms with E-state index in [0.29, 0.717) is 43.2 Å². The van der Waals surface area contributed by atoms with Gasteiger partial charge in [0.25, 0.3) is 0 Å². The number of fused-ring (bicyclic) bond motifs is 3. The van der Waals surface area contributed by atoms with Crippen LogP contribution in [0, 0.1) is 11.8 Å². The van der Waals surface area contributed by atoms with Crippen molar-refractivity contribution in [2.24, 2.45) is 11.8 Å². The maximum Gasteiger partial charge on any atom is 0.586 e. The lowest BCUT2D eigenvalue weighted by Gasteiger charge is -2.39. The number of halogens is 4. The first kappa shape index (κ1) is 27.3. The molecule has 1 fully saturated rings. The summed E-state index contributed by atoms with van der Waals surface area (Å²) in [5.74, 6) is -1.72. The molecule has 1 saturated carbocycles. The van der Waals surface area contributed by atoms with Crippen LogP contribution in [0.2, 0.25) is 0 Å². The monoisotopic (exact) mass is 581 g/mol. The number of nitrogens with one attached hydrogen (secondary N) is 1. The third kappa shape index (κ3) is 5.06. The maximum absolute atomic E-state index is 13.8. The van der Waals surface area contributed by atoms with E-state index in [0.717, 1.165) is 0 Å². The lowest BCUT2D eigenvalue weighted by atomic mass is 9.76. The molecule has 220 valence electrons. The fourth-order valence-electron chi connectivity index (χ4n) is 6.15. The van der Waals surface area contributed by atoms with Gasteiger partial charge in [0, 0.05) is 29.7 Å². The number of carbonyl (C=O) groups excluding carboxylic acids is 1. The number of carboxylic acids is 1. The number of rotatable bonds is 6. The fraction of sp³-hybridized carbons (Fsp3) is 0.500. The molecule has 3 atom stereocenters. The van der Waals surface area contributed by atoms with Gasteiger partial charge >= 0.3 is 18.9 Å². The smallest absolute Gasteiger partial charge is 0.492 e. The van der Waals surface area contributed by atoms with Crippen LogP contribution < -0.4 is 29.0 Å². The normalized spacial score (nSPS) is 29.1. The van der Waals surface area contributed by atoms with Crippen molar-refractivity contribution < 1.29 is 55.9 Å². The third-order valence-electron chi connectivity index (χ3n) is 8.40. The molecule has 2 aromatic carbocycles. The van der Waals surface area contributed by atoms with Crippen molar-refractivity contribution in [2.75, 3.05) is 6.61 Å². The predicted octanol–water partition coefficient (Wildman–Crippen LogP) is 5.16. The van der Waals surface area contributed by atoms with Crippen LogP contribution in [0.3, 0.4) is 0 Å². The number of carboxylic acid groups (broad SMARTS) is 1. The number of ether oxygens (including phenoxy) is 5. The zero-order valence-corrected chi connectivity index (χ0v) is 21.8. The Morgan fingerprint density at radius 3 is 2.41 bits per heavy atom. The molecule has 0 saturated heterocycles. The van der Waals surface area contributed by atoms with Gasteiger partial charge < -0.3 is 34.1 Å². The first-order valence-corrected chi connectivity index (χ1v) is 13.3. The summed E-state index contributed by atoms with van der Waals surface area (Å²) in [5, 5.41) is 12.4. The predicted molar refractivity (Wildman–Crippen MR) is 132 cm³/mol.